The third-order valence-electron chi connectivity index (χ3n) is 6.17. The predicted molar refractivity (Wildman–Crippen MR) is 142 cm³/mol. The summed E-state index contributed by atoms with van der Waals surface area (Å²) in [5.74, 6) is -0.774. The molecule has 190 valence electrons. The van der Waals surface area contributed by atoms with E-state index < -0.39 is 28.5 Å². The first-order chi connectivity index (χ1) is 17.2. The van der Waals surface area contributed by atoms with Gasteiger partial charge in [-0.1, -0.05) is 60.7 Å². The van der Waals surface area contributed by atoms with E-state index in [4.69, 9.17) is 0 Å². The van der Waals surface area contributed by atoms with Crippen LogP contribution in [0.1, 0.15) is 30.5 Å². The standard InChI is InChI=1S/C28H33N3O4S/c1-5-29-28(33)23(4)30(19-24-14-8-6-9-15-24)27(32)20-31(26-18-12-13-21(2)22(26)3)36(34,35)25-16-10-7-11-17-25/h6-18,23H,5,19-20H2,1-4H3,(H,29,33)/t23-/m0/s1. The topological polar surface area (TPSA) is 86.8 Å². The first kappa shape index (κ1) is 26.9. The van der Waals surface area contributed by atoms with Crippen LogP contribution in [-0.4, -0.2) is 44.3 Å². The van der Waals surface area contributed by atoms with Crippen LogP contribution in [0.5, 0.6) is 0 Å². The van der Waals surface area contributed by atoms with Crippen molar-refractivity contribution in [2.75, 3.05) is 17.4 Å². The highest BCUT2D eigenvalue weighted by atomic mass is 32.2. The summed E-state index contributed by atoms with van der Waals surface area (Å²) in [6.07, 6.45) is 0. The average Bonchev–Trinajstić information content (AvgIpc) is 2.88. The molecule has 1 atom stereocenters. The lowest BCUT2D eigenvalue weighted by Crippen LogP contribution is -2.51. The Morgan fingerprint density at radius 1 is 0.889 bits per heavy atom. The van der Waals surface area contributed by atoms with E-state index in [-0.39, 0.29) is 17.3 Å². The number of carbonyl (C=O) groups is 2. The number of sulfonamides is 1. The molecule has 0 aliphatic heterocycles. The van der Waals surface area contributed by atoms with E-state index in [9.17, 15) is 18.0 Å². The van der Waals surface area contributed by atoms with Crippen LogP contribution in [0.4, 0.5) is 5.69 Å². The number of hydrogen-bond acceptors (Lipinski definition) is 4. The molecule has 8 heteroatoms. The van der Waals surface area contributed by atoms with E-state index in [0.717, 1.165) is 21.0 Å². The minimum atomic E-state index is -4.07. The fraction of sp³-hybridized carbons (Fsp3) is 0.286. The Balaban J connectivity index is 2.05. The smallest absolute Gasteiger partial charge is 0.264 e. The van der Waals surface area contributed by atoms with Crippen LogP contribution in [0, 0.1) is 13.8 Å². The summed E-state index contributed by atoms with van der Waals surface area (Å²) in [4.78, 5) is 28.0. The Bertz CT molecular complexity index is 1290. The van der Waals surface area contributed by atoms with Crippen LogP contribution in [-0.2, 0) is 26.2 Å². The fourth-order valence-corrected chi connectivity index (χ4v) is 5.42. The lowest BCUT2D eigenvalue weighted by Gasteiger charge is -2.32. The van der Waals surface area contributed by atoms with Crippen molar-refractivity contribution in [2.45, 2.75) is 45.2 Å². The molecule has 7 nitrogen and oxygen atoms in total. The number of aryl methyl sites for hydroxylation is 1. The first-order valence-corrected chi connectivity index (χ1v) is 13.4. The lowest BCUT2D eigenvalue weighted by atomic mass is 10.1. The molecule has 0 fully saturated rings. The van der Waals surface area contributed by atoms with E-state index in [1.54, 1.807) is 37.3 Å². The molecule has 0 heterocycles. The van der Waals surface area contributed by atoms with Gasteiger partial charge in [-0.3, -0.25) is 13.9 Å². The number of benzene rings is 3. The van der Waals surface area contributed by atoms with Gasteiger partial charge >= 0.3 is 0 Å². The van der Waals surface area contributed by atoms with Crippen molar-refractivity contribution in [2.24, 2.45) is 0 Å². The number of likely N-dealkylation sites (N-methyl/N-ethyl adjacent to an activating group) is 1. The van der Waals surface area contributed by atoms with Gasteiger partial charge in [0.1, 0.15) is 12.6 Å². The van der Waals surface area contributed by atoms with E-state index in [2.05, 4.69) is 5.32 Å². The number of nitrogens with zero attached hydrogens (tertiary/aromatic N) is 2. The van der Waals surface area contributed by atoms with Gasteiger partial charge in [0.05, 0.1) is 10.6 Å². The summed E-state index contributed by atoms with van der Waals surface area (Å²) in [5.41, 5.74) is 2.94. The van der Waals surface area contributed by atoms with Crippen LogP contribution in [0.3, 0.4) is 0 Å². The van der Waals surface area contributed by atoms with Gasteiger partial charge in [0.25, 0.3) is 10.0 Å². The van der Waals surface area contributed by atoms with Crippen LogP contribution in [0.2, 0.25) is 0 Å². The number of amides is 2. The molecule has 0 spiro atoms. The Kier molecular flexibility index (Phi) is 8.88. The van der Waals surface area contributed by atoms with Gasteiger partial charge in [-0.2, -0.15) is 0 Å². The van der Waals surface area contributed by atoms with Crippen molar-refractivity contribution < 1.29 is 18.0 Å². The lowest BCUT2D eigenvalue weighted by molar-refractivity contribution is -0.139. The molecule has 3 aromatic rings. The second-order valence-electron chi connectivity index (χ2n) is 8.62. The number of hydrogen-bond donors (Lipinski definition) is 1. The summed E-state index contributed by atoms with van der Waals surface area (Å²) in [7, 11) is -4.07. The predicted octanol–water partition coefficient (Wildman–Crippen LogP) is 4.05. The number of carbonyl (C=O) groups excluding carboxylic acids is 2. The van der Waals surface area contributed by atoms with E-state index >= 15 is 0 Å². The van der Waals surface area contributed by atoms with Crippen molar-refractivity contribution >= 4 is 27.5 Å². The van der Waals surface area contributed by atoms with Crippen LogP contribution >= 0.6 is 0 Å². The first-order valence-electron chi connectivity index (χ1n) is 11.9. The SMILES string of the molecule is CCNC(=O)[C@H](C)N(Cc1ccccc1)C(=O)CN(c1cccc(C)c1C)S(=O)(=O)c1ccccc1. The van der Waals surface area contributed by atoms with E-state index in [0.29, 0.717) is 12.2 Å². The molecule has 0 aliphatic carbocycles. The van der Waals surface area contributed by atoms with Crippen molar-refractivity contribution in [3.63, 3.8) is 0 Å². The minimum absolute atomic E-state index is 0.0880. The van der Waals surface area contributed by atoms with Crippen LogP contribution in [0.25, 0.3) is 0 Å². The fourth-order valence-electron chi connectivity index (χ4n) is 3.92. The monoisotopic (exact) mass is 507 g/mol. The molecule has 0 unspecified atom stereocenters. The van der Waals surface area contributed by atoms with Crippen molar-refractivity contribution in [1.82, 2.24) is 10.2 Å². The third-order valence-corrected chi connectivity index (χ3v) is 7.94. The van der Waals surface area contributed by atoms with Crippen LogP contribution < -0.4 is 9.62 Å². The Hall–Kier alpha value is -3.65. The van der Waals surface area contributed by atoms with Crippen molar-refractivity contribution in [3.8, 4) is 0 Å². The molecule has 0 saturated heterocycles. The van der Waals surface area contributed by atoms with Gasteiger partial charge in [0.2, 0.25) is 11.8 Å². The molecule has 3 aromatic carbocycles. The van der Waals surface area contributed by atoms with Crippen molar-refractivity contribution in [3.05, 3.63) is 95.6 Å². The van der Waals surface area contributed by atoms with Gasteiger partial charge < -0.3 is 10.2 Å². The number of nitrogens with one attached hydrogen (secondary N) is 1. The third kappa shape index (κ3) is 6.12. The van der Waals surface area contributed by atoms with E-state index in [1.165, 1.54) is 17.0 Å². The maximum absolute atomic E-state index is 13.8. The second-order valence-corrected chi connectivity index (χ2v) is 10.5. The zero-order chi connectivity index (χ0) is 26.3. The summed E-state index contributed by atoms with van der Waals surface area (Å²) in [6, 6.07) is 22.0. The molecule has 0 radical (unpaired) electrons. The van der Waals surface area contributed by atoms with Crippen molar-refractivity contribution in [1.29, 1.82) is 0 Å². The Morgan fingerprint density at radius 2 is 1.50 bits per heavy atom. The van der Waals surface area contributed by atoms with Gasteiger partial charge in [0.15, 0.2) is 0 Å². The molecular weight excluding hydrogens is 474 g/mol. The maximum Gasteiger partial charge on any atom is 0.264 e. The highest BCUT2D eigenvalue weighted by Gasteiger charge is 2.33. The number of anilines is 1. The second kappa shape index (κ2) is 11.9. The summed E-state index contributed by atoms with van der Waals surface area (Å²) in [6.45, 7) is 7.34. The molecule has 0 saturated carbocycles. The quantitative estimate of drug-likeness (QED) is 0.449. The molecule has 1 N–H and O–H groups in total. The molecule has 36 heavy (non-hydrogen) atoms. The minimum Gasteiger partial charge on any atom is -0.355 e. The van der Waals surface area contributed by atoms with Gasteiger partial charge in [-0.05, 0) is 62.6 Å². The Labute approximate surface area is 213 Å². The highest BCUT2D eigenvalue weighted by molar-refractivity contribution is 7.92. The van der Waals surface area contributed by atoms with E-state index in [1.807, 2.05) is 57.2 Å². The zero-order valence-corrected chi connectivity index (χ0v) is 22.0. The molecule has 2 amide bonds. The molecule has 0 aliphatic rings. The van der Waals surface area contributed by atoms with Gasteiger partial charge in [0, 0.05) is 13.1 Å². The summed E-state index contributed by atoms with van der Waals surface area (Å²) < 4.78 is 28.7. The molecular formula is C28H33N3O4S. The molecule has 3 rings (SSSR count). The summed E-state index contributed by atoms with van der Waals surface area (Å²) >= 11 is 0. The average molecular weight is 508 g/mol. The Morgan fingerprint density at radius 3 is 2.11 bits per heavy atom. The highest BCUT2D eigenvalue weighted by Crippen LogP contribution is 2.29. The normalized spacial score (nSPS) is 12.0. The molecule has 0 aromatic heterocycles. The van der Waals surface area contributed by atoms with Gasteiger partial charge in [-0.15, -0.1) is 0 Å². The number of rotatable bonds is 10. The molecule has 0 bridgehead atoms. The zero-order valence-electron chi connectivity index (χ0n) is 21.1. The summed E-state index contributed by atoms with van der Waals surface area (Å²) in [5, 5.41) is 2.76. The van der Waals surface area contributed by atoms with Gasteiger partial charge in [-0.25, -0.2) is 8.42 Å². The van der Waals surface area contributed by atoms with Crippen LogP contribution in [0.15, 0.2) is 83.8 Å². The maximum atomic E-state index is 13.8. The largest absolute Gasteiger partial charge is 0.355 e.